The van der Waals surface area contributed by atoms with Gasteiger partial charge in [0.25, 0.3) is 0 Å². The molecule has 0 fully saturated rings. The maximum Gasteiger partial charge on any atom is 0.164 e. The summed E-state index contributed by atoms with van der Waals surface area (Å²) in [5, 5.41) is 15.4. The monoisotopic (exact) mass is 811 g/mol. The van der Waals surface area contributed by atoms with Crippen LogP contribution in [0, 0.1) is 0 Å². The van der Waals surface area contributed by atoms with Crippen LogP contribution in [0.1, 0.15) is 0 Å². The lowest BCUT2D eigenvalue weighted by atomic mass is 9.86. The van der Waals surface area contributed by atoms with Crippen LogP contribution in [-0.2, 0) is 0 Å². The van der Waals surface area contributed by atoms with E-state index < -0.39 is 0 Å². The van der Waals surface area contributed by atoms with E-state index in [9.17, 15) is 0 Å². The highest BCUT2D eigenvalue weighted by Gasteiger charge is 2.18. The van der Waals surface area contributed by atoms with E-state index in [1.807, 2.05) is 36.4 Å². The lowest BCUT2D eigenvalue weighted by Crippen LogP contribution is -2.00. The number of rotatable bonds is 6. The van der Waals surface area contributed by atoms with Gasteiger partial charge in [-0.2, -0.15) is 0 Å². The minimum atomic E-state index is 0.634. The summed E-state index contributed by atoms with van der Waals surface area (Å²) < 4.78 is 0. The molecule has 0 unspecified atom stereocenters. The molecule has 0 N–H and O–H groups in total. The summed E-state index contributed by atoms with van der Waals surface area (Å²) in [6.45, 7) is 0. The van der Waals surface area contributed by atoms with Gasteiger partial charge in [0.2, 0.25) is 0 Å². The summed E-state index contributed by atoms with van der Waals surface area (Å²) in [6, 6.07) is 80.8. The predicted octanol–water partition coefficient (Wildman–Crippen LogP) is 16.2. The zero-order chi connectivity index (χ0) is 42.1. The van der Waals surface area contributed by atoms with Gasteiger partial charge < -0.3 is 0 Å². The second-order valence-electron chi connectivity index (χ2n) is 16.7. The van der Waals surface area contributed by atoms with Gasteiger partial charge in [-0.3, -0.25) is 0 Å². The molecule has 0 aliphatic rings. The average Bonchev–Trinajstić information content (AvgIpc) is 3.37. The zero-order valence-corrected chi connectivity index (χ0v) is 34.7. The standard InChI is InChI=1S/C61H37N3/c1-3-12-38(13-4-1)46-20-8-22-49(35-46)61-63-59(43-14-5-2-6-15-43)62-60(64-61)44-31-26-39(27-32-44)45-19-7-21-47(34-45)50-36-48-33-30-42-17-10-24-52-51-23-9-16-40-28-29-41-18-11-25-53(57(41)55(40)51)54(37-50)58(48)56(42)52/h1-37H. The Morgan fingerprint density at radius 1 is 0.188 bits per heavy atom. The lowest BCUT2D eigenvalue weighted by Gasteiger charge is -2.17. The van der Waals surface area contributed by atoms with Gasteiger partial charge in [-0.05, 0) is 122 Å². The quantitative estimate of drug-likeness (QED) is 0.157. The van der Waals surface area contributed by atoms with E-state index in [1.54, 1.807) is 0 Å². The molecule has 0 saturated carbocycles. The third kappa shape index (κ3) is 5.94. The first kappa shape index (κ1) is 36.2. The summed E-state index contributed by atoms with van der Waals surface area (Å²) >= 11 is 0. The Hall–Kier alpha value is -8.53. The van der Waals surface area contributed by atoms with Crippen LogP contribution in [0.25, 0.3) is 132 Å². The van der Waals surface area contributed by atoms with E-state index in [0.29, 0.717) is 17.5 Å². The van der Waals surface area contributed by atoms with Crippen LogP contribution in [0.2, 0.25) is 0 Å². The molecule has 0 amide bonds. The Morgan fingerprint density at radius 2 is 0.547 bits per heavy atom. The molecule has 12 aromatic carbocycles. The summed E-state index contributed by atoms with van der Waals surface area (Å²) in [7, 11) is 0. The first-order chi connectivity index (χ1) is 31.7. The van der Waals surface area contributed by atoms with Gasteiger partial charge in [-0.1, -0.05) is 200 Å². The molecule has 296 valence electrons. The smallest absolute Gasteiger partial charge is 0.164 e. The molecule has 0 atom stereocenters. The minimum absolute atomic E-state index is 0.634. The van der Waals surface area contributed by atoms with Gasteiger partial charge in [0.1, 0.15) is 0 Å². The molecule has 13 rings (SSSR count). The molecule has 1 heterocycles. The maximum absolute atomic E-state index is 5.08. The largest absolute Gasteiger partial charge is 0.208 e. The second kappa shape index (κ2) is 14.5. The molecule has 0 saturated heterocycles. The molecule has 3 nitrogen and oxygen atoms in total. The normalized spacial score (nSPS) is 11.8. The highest BCUT2D eigenvalue weighted by molar-refractivity contribution is 6.37. The van der Waals surface area contributed by atoms with Crippen molar-refractivity contribution in [3.8, 4) is 67.5 Å². The highest BCUT2D eigenvalue weighted by atomic mass is 15.0. The van der Waals surface area contributed by atoms with E-state index in [4.69, 9.17) is 15.0 Å². The minimum Gasteiger partial charge on any atom is -0.208 e. The Balaban J connectivity index is 0.929. The fraction of sp³-hybridized carbons (Fsp3) is 0. The zero-order valence-electron chi connectivity index (χ0n) is 34.7. The van der Waals surface area contributed by atoms with Crippen LogP contribution in [0.3, 0.4) is 0 Å². The fourth-order valence-corrected chi connectivity index (χ4v) is 9.96. The Morgan fingerprint density at radius 3 is 1.11 bits per heavy atom. The van der Waals surface area contributed by atoms with E-state index >= 15 is 0 Å². The van der Waals surface area contributed by atoms with Crippen LogP contribution in [0.4, 0.5) is 0 Å². The Labute approximate surface area is 370 Å². The number of nitrogens with zero attached hydrogens (tertiary/aromatic N) is 3. The molecule has 1 aromatic heterocycles. The highest BCUT2D eigenvalue weighted by Crippen LogP contribution is 2.44. The number of benzene rings is 11. The van der Waals surface area contributed by atoms with Crippen molar-refractivity contribution in [2.24, 2.45) is 0 Å². The Bertz CT molecular complexity index is 3930. The van der Waals surface area contributed by atoms with Crippen molar-refractivity contribution in [3.05, 3.63) is 224 Å². The van der Waals surface area contributed by atoms with Crippen molar-refractivity contribution in [2.45, 2.75) is 0 Å². The van der Waals surface area contributed by atoms with Crippen LogP contribution >= 0.6 is 0 Å². The number of fused-ring (bicyclic) bond motifs is 2. The number of hydrogen-bond donors (Lipinski definition) is 0. The van der Waals surface area contributed by atoms with Crippen LogP contribution in [-0.4, -0.2) is 15.0 Å². The summed E-state index contributed by atoms with van der Waals surface area (Å²) in [5.41, 5.74) is 9.72. The number of hydrogen-bond acceptors (Lipinski definition) is 3. The van der Waals surface area contributed by atoms with Gasteiger partial charge >= 0.3 is 0 Å². The van der Waals surface area contributed by atoms with Gasteiger partial charge in [0.15, 0.2) is 17.5 Å². The topological polar surface area (TPSA) is 38.7 Å². The van der Waals surface area contributed by atoms with Crippen molar-refractivity contribution < 1.29 is 0 Å². The molecule has 64 heavy (non-hydrogen) atoms. The second-order valence-corrected chi connectivity index (χ2v) is 16.7. The van der Waals surface area contributed by atoms with Gasteiger partial charge in [0.05, 0.1) is 0 Å². The molecule has 13 aromatic rings. The fourth-order valence-electron chi connectivity index (χ4n) is 9.96. The SMILES string of the molecule is c1ccc(-c2cccc(-c3nc(-c4ccccc4)nc(-c4ccc(-c5cccc(-c6cc7ccc8cccc9c%10cccc%11ccc%12cccc(c(c6)c7c89)c%12c%11%10)c5)cc4)n3)c2)cc1. The first-order valence-corrected chi connectivity index (χ1v) is 21.8. The van der Waals surface area contributed by atoms with Gasteiger partial charge in [0, 0.05) is 16.7 Å². The number of aromatic nitrogens is 3. The average molecular weight is 812 g/mol. The summed E-state index contributed by atoms with van der Waals surface area (Å²) in [5.74, 6) is 1.92. The molecule has 0 radical (unpaired) electrons. The molecule has 0 spiro atoms. The predicted molar refractivity (Wildman–Crippen MR) is 269 cm³/mol. The third-order valence-corrected chi connectivity index (χ3v) is 13.0. The maximum atomic E-state index is 5.08. The summed E-state index contributed by atoms with van der Waals surface area (Å²) in [6.07, 6.45) is 0. The molecule has 0 aliphatic heterocycles. The first-order valence-electron chi connectivity index (χ1n) is 21.8. The third-order valence-electron chi connectivity index (χ3n) is 13.0. The molecule has 0 bridgehead atoms. The lowest BCUT2D eigenvalue weighted by molar-refractivity contribution is 1.07. The molecular weight excluding hydrogens is 775 g/mol. The van der Waals surface area contributed by atoms with E-state index in [0.717, 1.165) is 38.9 Å². The summed E-state index contributed by atoms with van der Waals surface area (Å²) in [4.78, 5) is 15.1. The van der Waals surface area contributed by atoms with Crippen molar-refractivity contribution in [1.82, 2.24) is 15.0 Å². The van der Waals surface area contributed by atoms with Crippen LogP contribution < -0.4 is 0 Å². The van der Waals surface area contributed by atoms with Gasteiger partial charge in [-0.15, -0.1) is 0 Å². The van der Waals surface area contributed by atoms with Crippen molar-refractivity contribution in [3.63, 3.8) is 0 Å². The molecule has 3 heteroatoms. The van der Waals surface area contributed by atoms with Crippen molar-refractivity contribution >= 4 is 64.6 Å². The Kier molecular flexibility index (Phi) is 8.22. The van der Waals surface area contributed by atoms with Gasteiger partial charge in [-0.25, -0.2) is 15.0 Å². The van der Waals surface area contributed by atoms with E-state index in [2.05, 4.69) is 188 Å². The molecule has 0 aliphatic carbocycles. The van der Waals surface area contributed by atoms with Crippen molar-refractivity contribution in [1.29, 1.82) is 0 Å². The van der Waals surface area contributed by atoms with E-state index in [1.165, 1.54) is 75.8 Å². The van der Waals surface area contributed by atoms with Crippen LogP contribution in [0.15, 0.2) is 224 Å². The van der Waals surface area contributed by atoms with E-state index in [-0.39, 0.29) is 0 Å². The van der Waals surface area contributed by atoms with Crippen LogP contribution in [0.5, 0.6) is 0 Å². The molecular formula is C61H37N3. The van der Waals surface area contributed by atoms with Crippen molar-refractivity contribution in [2.75, 3.05) is 0 Å².